The molecule has 0 saturated carbocycles. The molecule has 0 fully saturated rings. The molecule has 1 amide bonds. The average Bonchev–Trinajstić information content (AvgIpc) is 2.91. The van der Waals surface area contributed by atoms with E-state index in [2.05, 4.69) is 15.9 Å². The van der Waals surface area contributed by atoms with E-state index in [0.717, 1.165) is 15.8 Å². The average molecular weight is 424 g/mol. The molecule has 0 unspecified atom stereocenters. The van der Waals surface area contributed by atoms with Crippen molar-refractivity contribution < 1.29 is 14.6 Å². The minimum Gasteiger partial charge on any atom is -0.497 e. The van der Waals surface area contributed by atoms with Crippen molar-refractivity contribution in [1.29, 1.82) is 0 Å². The van der Waals surface area contributed by atoms with Crippen LogP contribution in [0.5, 0.6) is 5.75 Å². The molecule has 0 radical (unpaired) electrons. The molecule has 1 N–H and O–H groups in total. The fraction of sp³-hybridized carbons (Fsp3) is 0.136. The number of methoxy groups -OCH3 is 1. The zero-order valence-corrected chi connectivity index (χ0v) is 16.3. The molecule has 0 bridgehead atoms. The number of anilines is 1. The van der Waals surface area contributed by atoms with Crippen molar-refractivity contribution in [3.8, 4) is 5.75 Å². The third kappa shape index (κ3) is 2.93. The lowest BCUT2D eigenvalue weighted by atomic mass is 9.87. The van der Waals surface area contributed by atoms with E-state index in [1.165, 1.54) is 0 Å². The lowest BCUT2D eigenvalue weighted by Crippen LogP contribution is -2.40. The van der Waals surface area contributed by atoms with Crippen molar-refractivity contribution in [2.75, 3.05) is 12.0 Å². The van der Waals surface area contributed by atoms with Crippen molar-refractivity contribution in [2.24, 2.45) is 0 Å². The Kier molecular flexibility index (Phi) is 4.50. The fourth-order valence-electron chi connectivity index (χ4n) is 3.48. The smallest absolute Gasteiger partial charge is 0.268 e. The van der Waals surface area contributed by atoms with Crippen LogP contribution in [0.1, 0.15) is 16.7 Å². The van der Waals surface area contributed by atoms with Crippen LogP contribution in [0, 0.1) is 0 Å². The lowest BCUT2D eigenvalue weighted by Gasteiger charge is -2.24. The molecular formula is C22H18BrNO3. The highest BCUT2D eigenvalue weighted by Gasteiger charge is 2.51. The number of fused-ring (bicyclic) bond motifs is 1. The van der Waals surface area contributed by atoms with Crippen molar-refractivity contribution in [3.05, 3.63) is 94.0 Å². The van der Waals surface area contributed by atoms with Gasteiger partial charge in [0.05, 0.1) is 19.3 Å². The molecule has 1 aliphatic rings. The second kappa shape index (κ2) is 6.83. The van der Waals surface area contributed by atoms with Crippen LogP contribution in [0.2, 0.25) is 0 Å². The molecular weight excluding hydrogens is 406 g/mol. The van der Waals surface area contributed by atoms with Crippen molar-refractivity contribution in [1.82, 2.24) is 0 Å². The molecule has 0 saturated heterocycles. The Balaban J connectivity index is 1.79. The van der Waals surface area contributed by atoms with E-state index >= 15 is 0 Å². The SMILES string of the molecule is COc1ccc(CN2C(=O)[C@@](O)(c3ccccc3)c3cc(Br)ccc32)cc1. The predicted molar refractivity (Wildman–Crippen MR) is 108 cm³/mol. The number of amides is 1. The molecule has 0 aromatic heterocycles. The summed E-state index contributed by atoms with van der Waals surface area (Å²) in [6, 6.07) is 22.2. The maximum Gasteiger partial charge on any atom is 0.268 e. The maximum atomic E-state index is 13.4. The van der Waals surface area contributed by atoms with Gasteiger partial charge in [0, 0.05) is 10.0 Å². The topological polar surface area (TPSA) is 49.8 Å². The van der Waals surface area contributed by atoms with Crippen molar-refractivity contribution in [2.45, 2.75) is 12.1 Å². The molecule has 3 aromatic carbocycles. The number of ether oxygens (including phenoxy) is 1. The van der Waals surface area contributed by atoms with Crippen LogP contribution in [-0.4, -0.2) is 18.1 Å². The number of carbonyl (C=O) groups excluding carboxylic acids is 1. The van der Waals surface area contributed by atoms with Gasteiger partial charge in [-0.25, -0.2) is 0 Å². The largest absolute Gasteiger partial charge is 0.497 e. The second-order valence-electron chi connectivity index (χ2n) is 6.48. The van der Waals surface area contributed by atoms with Crippen molar-refractivity contribution in [3.63, 3.8) is 0 Å². The van der Waals surface area contributed by atoms with Gasteiger partial charge >= 0.3 is 0 Å². The zero-order chi connectivity index (χ0) is 19.0. The molecule has 0 aliphatic carbocycles. The molecule has 5 heteroatoms. The van der Waals surface area contributed by atoms with Crippen LogP contribution < -0.4 is 9.64 Å². The van der Waals surface area contributed by atoms with Gasteiger partial charge in [-0.2, -0.15) is 0 Å². The van der Waals surface area contributed by atoms with Gasteiger partial charge in [-0.3, -0.25) is 4.79 Å². The van der Waals surface area contributed by atoms with E-state index in [4.69, 9.17) is 4.74 Å². The molecule has 1 atom stereocenters. The van der Waals surface area contributed by atoms with Gasteiger partial charge in [0.2, 0.25) is 0 Å². The summed E-state index contributed by atoms with van der Waals surface area (Å²) in [7, 11) is 1.62. The van der Waals surface area contributed by atoms with Gasteiger partial charge in [-0.05, 0) is 41.5 Å². The summed E-state index contributed by atoms with van der Waals surface area (Å²) in [5.74, 6) is 0.411. The summed E-state index contributed by atoms with van der Waals surface area (Å²) in [5, 5.41) is 11.5. The third-order valence-electron chi connectivity index (χ3n) is 4.89. The van der Waals surface area contributed by atoms with Crippen LogP contribution >= 0.6 is 15.9 Å². The molecule has 1 aliphatic heterocycles. The highest BCUT2D eigenvalue weighted by molar-refractivity contribution is 9.10. The van der Waals surface area contributed by atoms with E-state index in [1.807, 2.05) is 60.7 Å². The second-order valence-corrected chi connectivity index (χ2v) is 7.39. The number of hydrogen-bond acceptors (Lipinski definition) is 3. The van der Waals surface area contributed by atoms with Gasteiger partial charge in [0.15, 0.2) is 5.60 Å². The summed E-state index contributed by atoms with van der Waals surface area (Å²) in [6.07, 6.45) is 0. The standard InChI is InChI=1S/C22H18BrNO3/c1-27-18-10-7-15(8-11-18)14-24-20-12-9-17(23)13-19(20)22(26,21(24)25)16-5-3-2-4-6-16/h2-13,26H,14H2,1H3/t22-/m1/s1. The number of benzene rings is 3. The van der Waals surface area contributed by atoms with Gasteiger partial charge in [0.25, 0.3) is 5.91 Å². The molecule has 3 aromatic rings. The Morgan fingerprint density at radius 2 is 1.74 bits per heavy atom. The molecule has 136 valence electrons. The molecule has 27 heavy (non-hydrogen) atoms. The molecule has 0 spiro atoms. The summed E-state index contributed by atoms with van der Waals surface area (Å²) < 4.78 is 6.01. The minimum atomic E-state index is -1.70. The monoisotopic (exact) mass is 423 g/mol. The van der Waals surface area contributed by atoms with Crippen LogP contribution in [0.25, 0.3) is 0 Å². The Morgan fingerprint density at radius 3 is 2.41 bits per heavy atom. The van der Waals surface area contributed by atoms with Crippen LogP contribution in [0.3, 0.4) is 0 Å². The first kappa shape index (κ1) is 17.8. The maximum absolute atomic E-state index is 13.4. The van der Waals surface area contributed by atoms with Crippen LogP contribution in [0.15, 0.2) is 77.3 Å². The van der Waals surface area contributed by atoms with E-state index in [0.29, 0.717) is 23.4 Å². The number of halogens is 1. The summed E-state index contributed by atoms with van der Waals surface area (Å²) in [5.41, 5.74) is 1.11. The van der Waals surface area contributed by atoms with E-state index in [9.17, 15) is 9.90 Å². The van der Waals surface area contributed by atoms with Gasteiger partial charge in [-0.15, -0.1) is 0 Å². The molecule has 4 nitrogen and oxygen atoms in total. The minimum absolute atomic E-state index is 0.349. The third-order valence-corrected chi connectivity index (χ3v) is 5.38. The first-order valence-corrected chi connectivity index (χ1v) is 9.36. The zero-order valence-electron chi connectivity index (χ0n) is 14.7. The summed E-state index contributed by atoms with van der Waals surface area (Å²) in [4.78, 5) is 15.0. The lowest BCUT2D eigenvalue weighted by molar-refractivity contribution is -0.132. The van der Waals surface area contributed by atoms with Gasteiger partial charge < -0.3 is 14.7 Å². The number of rotatable bonds is 4. The Morgan fingerprint density at radius 1 is 1.04 bits per heavy atom. The highest BCUT2D eigenvalue weighted by atomic mass is 79.9. The Hall–Kier alpha value is -2.63. The number of carbonyl (C=O) groups is 1. The molecule has 4 rings (SSSR count). The highest BCUT2D eigenvalue weighted by Crippen LogP contribution is 2.46. The van der Waals surface area contributed by atoms with Gasteiger partial charge in [-0.1, -0.05) is 58.4 Å². The first-order chi connectivity index (χ1) is 13.0. The number of nitrogens with zero attached hydrogens (tertiary/aromatic N) is 1. The Labute approximate surface area is 166 Å². The summed E-state index contributed by atoms with van der Waals surface area (Å²) in [6.45, 7) is 0.368. The number of hydrogen-bond donors (Lipinski definition) is 1. The van der Waals surface area contributed by atoms with Crippen molar-refractivity contribution >= 4 is 27.5 Å². The van der Waals surface area contributed by atoms with E-state index in [1.54, 1.807) is 24.1 Å². The van der Waals surface area contributed by atoms with E-state index in [-0.39, 0.29) is 5.91 Å². The Bertz CT molecular complexity index is 988. The number of aliphatic hydroxyl groups is 1. The molecule has 1 heterocycles. The predicted octanol–water partition coefficient (Wildman–Crippen LogP) is 4.24. The summed E-state index contributed by atoms with van der Waals surface area (Å²) >= 11 is 3.46. The van der Waals surface area contributed by atoms with Gasteiger partial charge in [0.1, 0.15) is 5.75 Å². The fourth-order valence-corrected chi connectivity index (χ4v) is 3.84. The van der Waals surface area contributed by atoms with Crippen LogP contribution in [0.4, 0.5) is 5.69 Å². The quantitative estimate of drug-likeness (QED) is 0.682. The normalized spacial score (nSPS) is 18.5. The first-order valence-electron chi connectivity index (χ1n) is 8.57. The van der Waals surface area contributed by atoms with E-state index < -0.39 is 5.60 Å². The van der Waals surface area contributed by atoms with Crippen LogP contribution in [-0.2, 0) is 16.9 Å².